The van der Waals surface area contributed by atoms with Crippen molar-refractivity contribution in [3.63, 3.8) is 0 Å². The van der Waals surface area contributed by atoms with Crippen LogP contribution in [0.1, 0.15) is 12.0 Å². The molecule has 5 heteroatoms. The van der Waals surface area contributed by atoms with Gasteiger partial charge in [-0.25, -0.2) is 9.18 Å². The Hall–Kier alpha value is -1.78. The summed E-state index contributed by atoms with van der Waals surface area (Å²) in [6, 6.07) is 5.03. The van der Waals surface area contributed by atoms with Crippen LogP contribution in [0.4, 0.5) is 14.9 Å². The Labute approximate surface area is 99.0 Å². The molecule has 1 aliphatic rings. The molecule has 2 rings (SSSR count). The third kappa shape index (κ3) is 2.67. The van der Waals surface area contributed by atoms with Gasteiger partial charge in [-0.15, -0.1) is 0 Å². The zero-order valence-corrected chi connectivity index (χ0v) is 9.61. The van der Waals surface area contributed by atoms with Gasteiger partial charge in [0.1, 0.15) is 5.82 Å². The normalized spacial score (nSPS) is 19.4. The van der Waals surface area contributed by atoms with Gasteiger partial charge < -0.3 is 15.3 Å². The fourth-order valence-electron chi connectivity index (χ4n) is 2.07. The van der Waals surface area contributed by atoms with Gasteiger partial charge >= 0.3 is 6.09 Å². The topological polar surface area (TPSA) is 52.6 Å². The van der Waals surface area contributed by atoms with Crippen molar-refractivity contribution in [3.05, 3.63) is 29.6 Å². The van der Waals surface area contributed by atoms with Crippen LogP contribution < -0.4 is 10.2 Å². The molecule has 1 amide bonds. The van der Waals surface area contributed by atoms with E-state index in [1.807, 2.05) is 11.0 Å². The maximum Gasteiger partial charge on any atom is 0.404 e. The number of halogens is 1. The molecule has 0 unspecified atom stereocenters. The number of benzene rings is 1. The zero-order valence-electron chi connectivity index (χ0n) is 9.61. The first-order valence-corrected chi connectivity index (χ1v) is 5.57. The molecule has 0 bridgehead atoms. The summed E-state index contributed by atoms with van der Waals surface area (Å²) >= 11 is 0. The molecule has 0 spiro atoms. The second kappa shape index (κ2) is 4.61. The highest BCUT2D eigenvalue weighted by molar-refractivity contribution is 5.65. The Morgan fingerprint density at radius 2 is 2.35 bits per heavy atom. The van der Waals surface area contributed by atoms with Gasteiger partial charge in [0, 0.05) is 18.8 Å². The average molecular weight is 238 g/mol. The fourth-order valence-corrected chi connectivity index (χ4v) is 2.07. The number of nitrogens with zero attached hydrogens (tertiary/aromatic N) is 1. The van der Waals surface area contributed by atoms with E-state index in [1.54, 1.807) is 13.0 Å². The average Bonchev–Trinajstić information content (AvgIpc) is 2.69. The van der Waals surface area contributed by atoms with E-state index in [0.717, 1.165) is 18.7 Å². The lowest BCUT2D eigenvalue weighted by Crippen LogP contribution is -2.36. The van der Waals surface area contributed by atoms with Gasteiger partial charge in [0.05, 0.1) is 6.04 Å². The van der Waals surface area contributed by atoms with Gasteiger partial charge in [-0.3, -0.25) is 0 Å². The number of rotatable bonds is 2. The van der Waals surface area contributed by atoms with Crippen LogP contribution in [0.15, 0.2) is 18.2 Å². The molecule has 0 radical (unpaired) electrons. The van der Waals surface area contributed by atoms with Crippen molar-refractivity contribution >= 4 is 11.8 Å². The smallest absolute Gasteiger partial charge is 0.404 e. The third-order valence-electron chi connectivity index (χ3n) is 3.04. The number of anilines is 1. The lowest BCUT2D eigenvalue weighted by molar-refractivity contribution is 0.191. The maximum atomic E-state index is 13.4. The van der Waals surface area contributed by atoms with E-state index in [1.165, 1.54) is 6.07 Å². The molecular weight excluding hydrogens is 223 g/mol. The summed E-state index contributed by atoms with van der Waals surface area (Å²) in [4.78, 5) is 12.5. The minimum Gasteiger partial charge on any atom is -0.465 e. The van der Waals surface area contributed by atoms with E-state index in [-0.39, 0.29) is 11.9 Å². The second-order valence-electron chi connectivity index (χ2n) is 4.31. The SMILES string of the molecule is Cc1ccc(N2CC[C@@H](NC(=O)O)C2)cc1F. The van der Waals surface area contributed by atoms with Crippen molar-refractivity contribution in [2.45, 2.75) is 19.4 Å². The van der Waals surface area contributed by atoms with Crippen LogP contribution >= 0.6 is 0 Å². The molecule has 1 aliphatic heterocycles. The molecule has 1 atom stereocenters. The Balaban J connectivity index is 2.04. The molecule has 0 aromatic heterocycles. The molecule has 2 N–H and O–H groups in total. The molecule has 92 valence electrons. The Morgan fingerprint density at radius 3 is 3.00 bits per heavy atom. The van der Waals surface area contributed by atoms with Crippen LogP contribution in [0.2, 0.25) is 0 Å². The Bertz CT molecular complexity index is 437. The summed E-state index contributed by atoms with van der Waals surface area (Å²) in [5.74, 6) is -0.225. The summed E-state index contributed by atoms with van der Waals surface area (Å²) in [5, 5.41) is 11.1. The summed E-state index contributed by atoms with van der Waals surface area (Å²) in [7, 11) is 0. The molecular formula is C12H15FN2O2. The predicted octanol–water partition coefficient (Wildman–Crippen LogP) is 1.98. The number of hydrogen-bond donors (Lipinski definition) is 2. The van der Waals surface area contributed by atoms with Crippen LogP contribution in [-0.2, 0) is 0 Å². The van der Waals surface area contributed by atoms with Crippen LogP contribution in [0.3, 0.4) is 0 Å². The lowest BCUT2D eigenvalue weighted by atomic mass is 10.2. The Kier molecular flexibility index (Phi) is 3.17. The van der Waals surface area contributed by atoms with E-state index >= 15 is 0 Å². The largest absolute Gasteiger partial charge is 0.465 e. The highest BCUT2D eigenvalue weighted by Crippen LogP contribution is 2.22. The standard InChI is InChI=1S/C12H15FN2O2/c1-8-2-3-10(6-11(8)13)15-5-4-9(7-15)14-12(16)17/h2-3,6,9,14H,4-5,7H2,1H3,(H,16,17)/t9-/m1/s1. The number of aryl methyl sites for hydroxylation is 1. The first kappa shape index (κ1) is 11.7. The van der Waals surface area contributed by atoms with E-state index in [2.05, 4.69) is 5.32 Å². The predicted molar refractivity (Wildman–Crippen MR) is 62.9 cm³/mol. The lowest BCUT2D eigenvalue weighted by Gasteiger charge is -2.19. The summed E-state index contributed by atoms with van der Waals surface area (Å²) in [6.07, 6.45) is -0.256. The summed E-state index contributed by atoms with van der Waals surface area (Å²) in [5.41, 5.74) is 1.43. The first-order chi connectivity index (χ1) is 8.06. The van der Waals surface area contributed by atoms with Crippen LogP contribution in [0, 0.1) is 12.7 Å². The van der Waals surface area contributed by atoms with Crippen molar-refractivity contribution in [2.24, 2.45) is 0 Å². The van der Waals surface area contributed by atoms with Gasteiger partial charge in [0.2, 0.25) is 0 Å². The van der Waals surface area contributed by atoms with E-state index in [4.69, 9.17) is 5.11 Å². The molecule has 1 fully saturated rings. The van der Waals surface area contributed by atoms with Gasteiger partial charge in [-0.1, -0.05) is 6.07 Å². The first-order valence-electron chi connectivity index (χ1n) is 5.57. The summed E-state index contributed by atoms with van der Waals surface area (Å²) in [6.45, 7) is 3.06. The van der Waals surface area contributed by atoms with Gasteiger partial charge in [0.15, 0.2) is 0 Å². The van der Waals surface area contributed by atoms with E-state index in [9.17, 15) is 9.18 Å². The third-order valence-corrected chi connectivity index (χ3v) is 3.04. The van der Waals surface area contributed by atoms with Crippen molar-refractivity contribution in [1.29, 1.82) is 0 Å². The van der Waals surface area contributed by atoms with E-state index < -0.39 is 6.09 Å². The zero-order chi connectivity index (χ0) is 12.4. The molecule has 0 saturated carbocycles. The van der Waals surface area contributed by atoms with Crippen molar-refractivity contribution < 1.29 is 14.3 Å². The molecule has 1 aromatic carbocycles. The van der Waals surface area contributed by atoms with Crippen molar-refractivity contribution in [3.8, 4) is 0 Å². The number of hydrogen-bond acceptors (Lipinski definition) is 2. The van der Waals surface area contributed by atoms with Crippen molar-refractivity contribution in [1.82, 2.24) is 5.32 Å². The number of nitrogens with one attached hydrogen (secondary N) is 1. The fraction of sp³-hybridized carbons (Fsp3) is 0.417. The number of carbonyl (C=O) groups is 1. The maximum absolute atomic E-state index is 13.4. The number of amides is 1. The number of carboxylic acid groups (broad SMARTS) is 1. The molecule has 1 aromatic rings. The van der Waals surface area contributed by atoms with Gasteiger partial charge in [0.25, 0.3) is 0 Å². The highest BCUT2D eigenvalue weighted by atomic mass is 19.1. The molecule has 4 nitrogen and oxygen atoms in total. The summed E-state index contributed by atoms with van der Waals surface area (Å²) < 4.78 is 13.4. The monoisotopic (exact) mass is 238 g/mol. The van der Waals surface area contributed by atoms with Gasteiger partial charge in [-0.2, -0.15) is 0 Å². The minimum absolute atomic E-state index is 0.0723. The quantitative estimate of drug-likeness (QED) is 0.828. The van der Waals surface area contributed by atoms with Crippen molar-refractivity contribution in [2.75, 3.05) is 18.0 Å². The second-order valence-corrected chi connectivity index (χ2v) is 4.31. The molecule has 17 heavy (non-hydrogen) atoms. The van der Waals surface area contributed by atoms with Crippen LogP contribution in [0.25, 0.3) is 0 Å². The molecule has 0 aliphatic carbocycles. The van der Waals surface area contributed by atoms with Crippen LogP contribution in [0.5, 0.6) is 0 Å². The van der Waals surface area contributed by atoms with Crippen LogP contribution in [-0.4, -0.2) is 30.3 Å². The van der Waals surface area contributed by atoms with Gasteiger partial charge in [-0.05, 0) is 31.0 Å². The van der Waals surface area contributed by atoms with E-state index in [0.29, 0.717) is 12.1 Å². The molecule has 1 saturated heterocycles. The Morgan fingerprint density at radius 1 is 1.59 bits per heavy atom. The molecule has 1 heterocycles. The minimum atomic E-state index is -1.01. The highest BCUT2D eigenvalue weighted by Gasteiger charge is 2.24.